The zero-order chi connectivity index (χ0) is 17.3. The van der Waals surface area contributed by atoms with Gasteiger partial charge in [-0.3, -0.25) is 4.79 Å². The Hall–Kier alpha value is -1.06. The minimum absolute atomic E-state index is 0. The fourth-order valence-corrected chi connectivity index (χ4v) is 2.90. The molecule has 1 aromatic rings. The van der Waals surface area contributed by atoms with Crippen LogP contribution >= 0.6 is 12.4 Å². The molecule has 0 atom stereocenters. The van der Waals surface area contributed by atoms with E-state index in [1.54, 1.807) is 0 Å². The second-order valence-corrected chi connectivity index (χ2v) is 6.66. The first-order chi connectivity index (χ1) is 11.8. The third-order valence-corrected chi connectivity index (χ3v) is 4.44. The first-order valence-corrected chi connectivity index (χ1v) is 9.83. The molecule has 0 saturated carbocycles. The molecule has 144 valence electrons. The van der Waals surface area contributed by atoms with Crippen LogP contribution in [0.2, 0.25) is 0 Å². The van der Waals surface area contributed by atoms with Gasteiger partial charge in [0.1, 0.15) is 0 Å². The molecule has 0 aliphatic carbocycles. The zero-order valence-corrected chi connectivity index (χ0v) is 16.5. The smallest absolute Gasteiger partial charge is 0.220 e. The summed E-state index contributed by atoms with van der Waals surface area (Å²) in [4.78, 5) is 11.8. The van der Waals surface area contributed by atoms with E-state index in [0.29, 0.717) is 6.42 Å². The fraction of sp³-hybridized carbons (Fsp3) is 0.667. The van der Waals surface area contributed by atoms with Crippen LogP contribution in [0, 0.1) is 0 Å². The van der Waals surface area contributed by atoms with Gasteiger partial charge in [-0.05, 0) is 31.4 Å². The highest BCUT2D eigenvalue weighted by Gasteiger charge is 2.01. The maximum atomic E-state index is 11.8. The average Bonchev–Trinajstić information content (AvgIpc) is 2.62. The van der Waals surface area contributed by atoms with Crippen LogP contribution in [0.25, 0.3) is 0 Å². The lowest BCUT2D eigenvalue weighted by atomic mass is 10.1. The van der Waals surface area contributed by atoms with Crippen LogP contribution in [-0.4, -0.2) is 19.0 Å². The van der Waals surface area contributed by atoms with Crippen molar-refractivity contribution in [3.05, 3.63) is 35.9 Å². The predicted molar refractivity (Wildman–Crippen MR) is 110 cm³/mol. The van der Waals surface area contributed by atoms with Crippen LogP contribution < -0.4 is 11.1 Å². The second-order valence-electron chi connectivity index (χ2n) is 6.66. The number of halogens is 1. The van der Waals surface area contributed by atoms with Crippen LogP contribution in [0.15, 0.2) is 30.3 Å². The minimum atomic E-state index is 0. The summed E-state index contributed by atoms with van der Waals surface area (Å²) in [5.74, 6) is 0.177. The number of rotatable bonds is 15. The molecule has 0 fully saturated rings. The van der Waals surface area contributed by atoms with E-state index in [1.165, 1.54) is 63.4 Å². The molecule has 0 radical (unpaired) electrons. The minimum Gasteiger partial charge on any atom is -0.356 e. The summed E-state index contributed by atoms with van der Waals surface area (Å²) in [5.41, 5.74) is 6.72. The number of hydrogen-bond acceptors (Lipinski definition) is 2. The number of unbranched alkanes of at least 4 members (excludes halogenated alkanes) is 9. The van der Waals surface area contributed by atoms with E-state index in [0.717, 1.165) is 25.9 Å². The highest BCUT2D eigenvalue weighted by Crippen LogP contribution is 2.10. The molecule has 0 heterocycles. The van der Waals surface area contributed by atoms with Crippen molar-refractivity contribution in [1.29, 1.82) is 0 Å². The van der Waals surface area contributed by atoms with Gasteiger partial charge in [-0.25, -0.2) is 0 Å². The molecular weight excluding hydrogens is 332 g/mol. The predicted octanol–water partition coefficient (Wildman–Crippen LogP) is 5.02. The van der Waals surface area contributed by atoms with Gasteiger partial charge in [0.25, 0.3) is 0 Å². The van der Waals surface area contributed by atoms with Gasteiger partial charge in [0, 0.05) is 13.0 Å². The Labute approximate surface area is 160 Å². The number of hydrogen-bond donors (Lipinski definition) is 2. The van der Waals surface area contributed by atoms with Crippen molar-refractivity contribution >= 4 is 18.3 Å². The molecule has 0 aliphatic rings. The third kappa shape index (κ3) is 14.9. The van der Waals surface area contributed by atoms with Gasteiger partial charge in [-0.1, -0.05) is 81.7 Å². The van der Waals surface area contributed by atoms with Crippen molar-refractivity contribution in [2.45, 2.75) is 77.0 Å². The molecule has 4 heteroatoms. The van der Waals surface area contributed by atoms with Gasteiger partial charge in [0.2, 0.25) is 5.91 Å². The van der Waals surface area contributed by atoms with Crippen molar-refractivity contribution in [2.75, 3.05) is 13.1 Å². The Bertz CT molecular complexity index is 412. The van der Waals surface area contributed by atoms with Crippen LogP contribution in [0.4, 0.5) is 0 Å². The largest absolute Gasteiger partial charge is 0.356 e. The lowest BCUT2D eigenvalue weighted by molar-refractivity contribution is -0.121. The van der Waals surface area contributed by atoms with E-state index in [9.17, 15) is 4.79 Å². The number of amides is 1. The van der Waals surface area contributed by atoms with Crippen molar-refractivity contribution in [2.24, 2.45) is 5.73 Å². The Morgan fingerprint density at radius 2 is 1.32 bits per heavy atom. The molecule has 0 saturated heterocycles. The average molecular weight is 369 g/mol. The van der Waals surface area contributed by atoms with E-state index < -0.39 is 0 Å². The number of carbonyl (C=O) groups excluding carboxylic acids is 1. The van der Waals surface area contributed by atoms with Crippen LogP contribution in [0.3, 0.4) is 0 Å². The molecule has 1 amide bonds. The molecule has 0 bridgehead atoms. The summed E-state index contributed by atoms with van der Waals surface area (Å²) in [7, 11) is 0. The number of benzene rings is 1. The Morgan fingerprint density at radius 1 is 0.800 bits per heavy atom. The molecule has 0 aromatic heterocycles. The molecule has 25 heavy (non-hydrogen) atoms. The highest BCUT2D eigenvalue weighted by molar-refractivity contribution is 5.85. The lowest BCUT2D eigenvalue weighted by Gasteiger charge is -2.06. The number of nitrogens with two attached hydrogens (primary N) is 1. The molecule has 1 aromatic carbocycles. The van der Waals surface area contributed by atoms with Crippen molar-refractivity contribution in [3.8, 4) is 0 Å². The summed E-state index contributed by atoms with van der Waals surface area (Å²) in [5, 5.41) is 3.03. The zero-order valence-electron chi connectivity index (χ0n) is 15.7. The van der Waals surface area contributed by atoms with E-state index in [-0.39, 0.29) is 18.3 Å². The number of nitrogens with one attached hydrogen (secondary N) is 1. The molecule has 1 rings (SSSR count). The maximum Gasteiger partial charge on any atom is 0.220 e. The summed E-state index contributed by atoms with van der Waals surface area (Å²) >= 11 is 0. The molecular formula is C21H37ClN2O. The Balaban J connectivity index is 0.00000576. The van der Waals surface area contributed by atoms with Crippen LogP contribution in [0.5, 0.6) is 0 Å². The monoisotopic (exact) mass is 368 g/mol. The quantitative estimate of drug-likeness (QED) is 0.427. The molecule has 3 N–H and O–H groups in total. The Kier molecular flexibility index (Phi) is 17.0. The van der Waals surface area contributed by atoms with Crippen molar-refractivity contribution in [1.82, 2.24) is 5.32 Å². The number of aryl methyl sites for hydroxylation is 1. The van der Waals surface area contributed by atoms with Gasteiger partial charge < -0.3 is 11.1 Å². The summed E-state index contributed by atoms with van der Waals surface area (Å²) < 4.78 is 0. The summed E-state index contributed by atoms with van der Waals surface area (Å²) in [6.45, 7) is 1.66. The van der Waals surface area contributed by atoms with E-state index >= 15 is 0 Å². The highest BCUT2D eigenvalue weighted by atomic mass is 35.5. The molecule has 0 spiro atoms. The van der Waals surface area contributed by atoms with E-state index in [4.69, 9.17) is 5.73 Å². The topological polar surface area (TPSA) is 55.1 Å². The van der Waals surface area contributed by atoms with E-state index in [1.807, 2.05) is 18.2 Å². The first-order valence-electron chi connectivity index (χ1n) is 9.83. The maximum absolute atomic E-state index is 11.8. The standard InChI is InChI=1S/C21H36N2O.ClH/c22-18-12-7-5-3-1-2-4-6-8-13-19-23-21(24)17-16-20-14-10-9-11-15-20;/h9-11,14-15H,1-8,12-13,16-19,22H2,(H,23,24);1H. The Morgan fingerprint density at radius 3 is 1.88 bits per heavy atom. The van der Waals surface area contributed by atoms with Gasteiger partial charge >= 0.3 is 0 Å². The first kappa shape index (κ1) is 23.9. The molecule has 0 aliphatic heterocycles. The molecule has 3 nitrogen and oxygen atoms in total. The van der Waals surface area contributed by atoms with Gasteiger partial charge in [0.15, 0.2) is 0 Å². The van der Waals surface area contributed by atoms with Gasteiger partial charge in [-0.2, -0.15) is 0 Å². The lowest BCUT2D eigenvalue weighted by Crippen LogP contribution is -2.24. The fourth-order valence-electron chi connectivity index (χ4n) is 2.90. The molecule has 0 unspecified atom stereocenters. The van der Waals surface area contributed by atoms with Crippen LogP contribution in [0.1, 0.15) is 76.2 Å². The van der Waals surface area contributed by atoms with E-state index in [2.05, 4.69) is 17.4 Å². The van der Waals surface area contributed by atoms with Crippen molar-refractivity contribution in [3.63, 3.8) is 0 Å². The van der Waals surface area contributed by atoms with Crippen molar-refractivity contribution < 1.29 is 4.79 Å². The summed E-state index contributed by atoms with van der Waals surface area (Å²) in [6.07, 6.45) is 14.3. The summed E-state index contributed by atoms with van der Waals surface area (Å²) in [6, 6.07) is 10.2. The van der Waals surface area contributed by atoms with Crippen LogP contribution in [-0.2, 0) is 11.2 Å². The third-order valence-electron chi connectivity index (χ3n) is 4.44. The van der Waals surface area contributed by atoms with Gasteiger partial charge in [-0.15, -0.1) is 12.4 Å². The SMILES string of the molecule is Cl.NCCCCCCCCCCCCNC(=O)CCc1ccccc1. The number of carbonyl (C=O) groups is 1. The second kappa shape index (κ2) is 17.8. The van der Waals surface area contributed by atoms with Gasteiger partial charge in [0.05, 0.1) is 0 Å². The normalized spacial score (nSPS) is 10.3.